The van der Waals surface area contributed by atoms with Crippen LogP contribution in [0.5, 0.6) is 0 Å². The molecular weight excluding hydrogens is 250 g/mol. The van der Waals surface area contributed by atoms with Crippen molar-refractivity contribution < 1.29 is 4.79 Å². The smallest absolute Gasteiger partial charge is 0.222 e. The molecule has 2 bridgehead atoms. The molecule has 0 aromatic carbocycles. The molecule has 3 heterocycles. The first-order valence-corrected chi connectivity index (χ1v) is 8.43. The minimum absolute atomic E-state index is 0.327. The molecule has 4 nitrogen and oxygen atoms in total. The van der Waals surface area contributed by atoms with Gasteiger partial charge in [0.25, 0.3) is 0 Å². The Kier molecular flexibility index (Phi) is 4.32. The van der Waals surface area contributed by atoms with Gasteiger partial charge in [-0.1, -0.05) is 6.92 Å². The van der Waals surface area contributed by atoms with Crippen molar-refractivity contribution in [1.29, 1.82) is 0 Å². The summed E-state index contributed by atoms with van der Waals surface area (Å²) in [6.07, 6.45) is 8.39. The van der Waals surface area contributed by atoms with Gasteiger partial charge in [0.15, 0.2) is 0 Å². The van der Waals surface area contributed by atoms with Crippen LogP contribution in [0.15, 0.2) is 0 Å². The molecule has 3 atom stereocenters. The van der Waals surface area contributed by atoms with Gasteiger partial charge in [-0.2, -0.15) is 0 Å². The summed E-state index contributed by atoms with van der Waals surface area (Å²) < 4.78 is 0. The number of carbonyl (C=O) groups is 1. The Morgan fingerprint density at radius 1 is 1.15 bits per heavy atom. The largest absolute Gasteiger partial charge is 0.344 e. The molecule has 20 heavy (non-hydrogen) atoms. The highest BCUT2D eigenvalue weighted by molar-refractivity contribution is 5.76. The number of likely N-dealkylation sites (N-methyl/N-ethyl adjacent to an activating group) is 1. The van der Waals surface area contributed by atoms with E-state index in [9.17, 15) is 4.79 Å². The van der Waals surface area contributed by atoms with E-state index in [2.05, 4.69) is 17.1 Å². The quantitative estimate of drug-likeness (QED) is 0.849. The minimum Gasteiger partial charge on any atom is -0.344 e. The number of nitrogens with one attached hydrogen (secondary N) is 1. The molecule has 0 saturated carbocycles. The van der Waals surface area contributed by atoms with E-state index < -0.39 is 0 Å². The topological polar surface area (TPSA) is 35.6 Å². The Bertz CT molecular complexity index is 346. The van der Waals surface area contributed by atoms with Gasteiger partial charge in [-0.05, 0) is 45.1 Å². The SMILES string of the molecule is CCCNC1CC2CCC(C1)N2C1CCC(=O)N(C)C1. The first-order chi connectivity index (χ1) is 9.69. The van der Waals surface area contributed by atoms with Crippen molar-refractivity contribution in [2.45, 2.75) is 76.0 Å². The molecule has 0 radical (unpaired) electrons. The zero-order chi connectivity index (χ0) is 14.1. The minimum atomic E-state index is 0.327. The second-order valence-corrected chi connectivity index (χ2v) is 6.92. The van der Waals surface area contributed by atoms with E-state index in [1.165, 1.54) is 32.1 Å². The molecule has 3 saturated heterocycles. The lowest BCUT2D eigenvalue weighted by Gasteiger charge is -2.46. The van der Waals surface area contributed by atoms with E-state index in [0.29, 0.717) is 11.9 Å². The molecule has 0 aliphatic carbocycles. The van der Waals surface area contributed by atoms with Crippen molar-refractivity contribution in [3.8, 4) is 0 Å². The second kappa shape index (κ2) is 6.02. The molecule has 3 aliphatic heterocycles. The Balaban J connectivity index is 1.61. The van der Waals surface area contributed by atoms with Gasteiger partial charge < -0.3 is 10.2 Å². The van der Waals surface area contributed by atoms with E-state index in [4.69, 9.17) is 0 Å². The molecule has 3 fully saturated rings. The lowest BCUT2D eigenvalue weighted by molar-refractivity contribution is -0.134. The highest BCUT2D eigenvalue weighted by Gasteiger charge is 2.44. The summed E-state index contributed by atoms with van der Waals surface area (Å²) in [6, 6.07) is 2.86. The van der Waals surface area contributed by atoms with E-state index >= 15 is 0 Å². The van der Waals surface area contributed by atoms with Crippen molar-refractivity contribution in [2.24, 2.45) is 0 Å². The summed E-state index contributed by atoms with van der Waals surface area (Å²) in [5.41, 5.74) is 0. The summed E-state index contributed by atoms with van der Waals surface area (Å²) in [7, 11) is 1.96. The predicted molar refractivity (Wildman–Crippen MR) is 80.6 cm³/mol. The molecule has 114 valence electrons. The van der Waals surface area contributed by atoms with Crippen LogP contribution >= 0.6 is 0 Å². The molecule has 0 spiro atoms. The molecule has 1 N–H and O–H groups in total. The number of likely N-dealkylation sites (tertiary alicyclic amines) is 1. The zero-order valence-electron chi connectivity index (χ0n) is 13.0. The van der Waals surface area contributed by atoms with Gasteiger partial charge in [0, 0.05) is 44.2 Å². The van der Waals surface area contributed by atoms with Gasteiger partial charge in [0.05, 0.1) is 0 Å². The Hall–Kier alpha value is -0.610. The van der Waals surface area contributed by atoms with Crippen molar-refractivity contribution in [3.05, 3.63) is 0 Å². The molecular formula is C16H29N3O. The molecule has 3 aliphatic rings. The summed E-state index contributed by atoms with van der Waals surface area (Å²) in [4.78, 5) is 16.4. The molecule has 1 amide bonds. The molecule has 0 aromatic heterocycles. The number of rotatable bonds is 4. The van der Waals surface area contributed by atoms with Crippen LogP contribution in [0.4, 0.5) is 0 Å². The fraction of sp³-hybridized carbons (Fsp3) is 0.938. The lowest BCUT2D eigenvalue weighted by atomic mass is 9.92. The monoisotopic (exact) mass is 279 g/mol. The van der Waals surface area contributed by atoms with Crippen LogP contribution in [0.25, 0.3) is 0 Å². The van der Waals surface area contributed by atoms with Gasteiger partial charge in [0.1, 0.15) is 0 Å². The van der Waals surface area contributed by atoms with Crippen molar-refractivity contribution in [1.82, 2.24) is 15.1 Å². The highest BCUT2D eigenvalue weighted by atomic mass is 16.2. The lowest BCUT2D eigenvalue weighted by Crippen LogP contribution is -2.57. The van der Waals surface area contributed by atoms with Crippen LogP contribution in [0.2, 0.25) is 0 Å². The molecule has 3 unspecified atom stereocenters. The van der Waals surface area contributed by atoms with Crippen molar-refractivity contribution >= 4 is 5.91 Å². The van der Waals surface area contributed by atoms with Crippen LogP contribution < -0.4 is 5.32 Å². The summed E-state index contributed by atoms with van der Waals surface area (Å²) in [6.45, 7) is 4.34. The van der Waals surface area contributed by atoms with E-state index in [0.717, 1.165) is 44.1 Å². The Morgan fingerprint density at radius 2 is 1.85 bits per heavy atom. The third kappa shape index (κ3) is 2.73. The first kappa shape index (κ1) is 14.3. The van der Waals surface area contributed by atoms with Crippen molar-refractivity contribution in [2.75, 3.05) is 20.1 Å². The van der Waals surface area contributed by atoms with Crippen LogP contribution in [0.3, 0.4) is 0 Å². The first-order valence-electron chi connectivity index (χ1n) is 8.43. The van der Waals surface area contributed by atoms with Crippen LogP contribution in [-0.4, -0.2) is 60.0 Å². The van der Waals surface area contributed by atoms with Crippen molar-refractivity contribution in [3.63, 3.8) is 0 Å². The fourth-order valence-corrected chi connectivity index (χ4v) is 4.56. The van der Waals surface area contributed by atoms with Gasteiger partial charge in [-0.15, -0.1) is 0 Å². The van der Waals surface area contributed by atoms with Gasteiger partial charge in [-0.3, -0.25) is 9.69 Å². The number of amides is 1. The molecule has 4 heteroatoms. The van der Waals surface area contributed by atoms with Gasteiger partial charge >= 0.3 is 0 Å². The van der Waals surface area contributed by atoms with E-state index in [1.807, 2.05) is 11.9 Å². The fourth-order valence-electron chi connectivity index (χ4n) is 4.56. The second-order valence-electron chi connectivity index (χ2n) is 6.92. The number of hydrogen-bond acceptors (Lipinski definition) is 3. The van der Waals surface area contributed by atoms with Gasteiger partial charge in [0.2, 0.25) is 5.91 Å². The van der Waals surface area contributed by atoms with E-state index in [-0.39, 0.29) is 0 Å². The predicted octanol–water partition coefficient (Wildman–Crippen LogP) is 1.60. The summed E-state index contributed by atoms with van der Waals surface area (Å²) in [5, 5.41) is 3.72. The highest BCUT2D eigenvalue weighted by Crippen LogP contribution is 2.39. The summed E-state index contributed by atoms with van der Waals surface area (Å²) in [5.74, 6) is 0.327. The Labute approximate surface area is 122 Å². The number of carbonyl (C=O) groups excluding carboxylic acids is 1. The average Bonchev–Trinajstić information content (AvgIpc) is 2.71. The third-order valence-electron chi connectivity index (χ3n) is 5.50. The van der Waals surface area contributed by atoms with Crippen LogP contribution in [0.1, 0.15) is 51.9 Å². The maximum absolute atomic E-state index is 11.7. The van der Waals surface area contributed by atoms with E-state index in [1.54, 1.807) is 0 Å². The number of fused-ring (bicyclic) bond motifs is 2. The molecule has 3 rings (SSSR count). The molecule has 0 aromatic rings. The summed E-state index contributed by atoms with van der Waals surface area (Å²) >= 11 is 0. The zero-order valence-corrected chi connectivity index (χ0v) is 13.0. The number of hydrogen-bond donors (Lipinski definition) is 1. The maximum atomic E-state index is 11.7. The number of nitrogens with zero attached hydrogens (tertiary/aromatic N) is 2. The normalized spacial score (nSPS) is 38.5. The Morgan fingerprint density at radius 3 is 2.45 bits per heavy atom. The van der Waals surface area contributed by atoms with Crippen LogP contribution in [0, 0.1) is 0 Å². The average molecular weight is 279 g/mol. The van der Waals surface area contributed by atoms with Crippen LogP contribution in [-0.2, 0) is 4.79 Å². The maximum Gasteiger partial charge on any atom is 0.222 e. The third-order valence-corrected chi connectivity index (χ3v) is 5.50. The van der Waals surface area contributed by atoms with Gasteiger partial charge in [-0.25, -0.2) is 0 Å². The standard InChI is InChI=1S/C16H29N3O/c1-3-8-17-12-9-13-4-5-14(10-12)19(13)15-6-7-16(20)18(2)11-15/h12-15,17H,3-11H2,1-2H3. The number of piperidine rings is 2.